The van der Waals surface area contributed by atoms with E-state index in [0.29, 0.717) is 23.4 Å². The largest absolute Gasteiger partial charge is 0.489 e. The highest BCUT2D eigenvalue weighted by molar-refractivity contribution is 7.22. The van der Waals surface area contributed by atoms with Crippen molar-refractivity contribution in [2.75, 3.05) is 19.8 Å². The van der Waals surface area contributed by atoms with Crippen LogP contribution < -0.4 is 10.3 Å². The van der Waals surface area contributed by atoms with Crippen molar-refractivity contribution in [3.8, 4) is 5.75 Å². The van der Waals surface area contributed by atoms with Gasteiger partial charge in [0, 0.05) is 17.5 Å². The summed E-state index contributed by atoms with van der Waals surface area (Å²) < 4.78 is 11.4. The third-order valence-electron chi connectivity index (χ3n) is 3.38. The minimum absolute atomic E-state index is 0.0263. The van der Waals surface area contributed by atoms with E-state index in [-0.39, 0.29) is 28.2 Å². The Morgan fingerprint density at radius 2 is 2.09 bits per heavy atom. The van der Waals surface area contributed by atoms with Gasteiger partial charge in [-0.15, -0.1) is 11.3 Å². The standard InChI is InChI=1S/C16H15NO5S/c1-2-21-7-8-22-12-11-13(23-14(12)16(19)20)9-5-3-4-6-10(9)17-15(11)18/h3-6H,2,7-8H2,1H3,(H,17,18)(H,19,20). The molecule has 2 heterocycles. The molecule has 2 N–H and O–H groups in total. The monoisotopic (exact) mass is 333 g/mol. The summed E-state index contributed by atoms with van der Waals surface area (Å²) >= 11 is 1.05. The lowest BCUT2D eigenvalue weighted by atomic mass is 10.2. The summed E-state index contributed by atoms with van der Waals surface area (Å²) in [6.07, 6.45) is 0. The van der Waals surface area contributed by atoms with E-state index >= 15 is 0 Å². The molecule has 7 heteroatoms. The first-order valence-electron chi connectivity index (χ1n) is 7.14. The highest BCUT2D eigenvalue weighted by Crippen LogP contribution is 2.39. The molecular weight excluding hydrogens is 318 g/mol. The van der Waals surface area contributed by atoms with Gasteiger partial charge in [0.05, 0.1) is 11.3 Å². The normalized spacial score (nSPS) is 11.2. The van der Waals surface area contributed by atoms with Crippen molar-refractivity contribution in [1.82, 2.24) is 4.98 Å². The summed E-state index contributed by atoms with van der Waals surface area (Å²) in [4.78, 5) is 26.7. The van der Waals surface area contributed by atoms with Crippen LogP contribution in [0.4, 0.5) is 0 Å². The Balaban J connectivity index is 2.20. The number of pyridine rings is 1. The average molecular weight is 333 g/mol. The lowest BCUT2D eigenvalue weighted by Gasteiger charge is -2.06. The molecule has 3 rings (SSSR count). The molecule has 0 bridgehead atoms. The number of para-hydroxylation sites is 1. The van der Waals surface area contributed by atoms with Crippen molar-refractivity contribution in [3.05, 3.63) is 39.5 Å². The van der Waals surface area contributed by atoms with Gasteiger partial charge in [-0.3, -0.25) is 4.79 Å². The zero-order valence-corrected chi connectivity index (χ0v) is 13.2. The van der Waals surface area contributed by atoms with Gasteiger partial charge in [0.25, 0.3) is 5.56 Å². The predicted molar refractivity (Wildman–Crippen MR) is 88.9 cm³/mol. The number of H-pyrrole nitrogens is 1. The quantitative estimate of drug-likeness (QED) is 0.677. The number of rotatable bonds is 6. The number of hydrogen-bond acceptors (Lipinski definition) is 5. The predicted octanol–water partition coefficient (Wildman–Crippen LogP) is 2.86. The third-order valence-corrected chi connectivity index (χ3v) is 4.58. The van der Waals surface area contributed by atoms with Crippen LogP contribution >= 0.6 is 11.3 Å². The van der Waals surface area contributed by atoms with Crippen LogP contribution in [0.5, 0.6) is 5.75 Å². The molecule has 0 aliphatic carbocycles. The maximum Gasteiger partial charge on any atom is 0.349 e. The number of thiophene rings is 1. The molecule has 0 atom stereocenters. The van der Waals surface area contributed by atoms with Gasteiger partial charge in [0.2, 0.25) is 0 Å². The second-order valence-electron chi connectivity index (χ2n) is 4.81. The maximum absolute atomic E-state index is 12.4. The molecule has 0 aliphatic rings. The molecule has 2 aromatic heterocycles. The Labute approximate surface area is 135 Å². The van der Waals surface area contributed by atoms with Crippen LogP contribution in [0.1, 0.15) is 16.6 Å². The van der Waals surface area contributed by atoms with E-state index in [9.17, 15) is 14.7 Å². The van der Waals surface area contributed by atoms with Crippen LogP contribution in [-0.4, -0.2) is 35.9 Å². The van der Waals surface area contributed by atoms with E-state index in [1.165, 1.54) is 0 Å². The van der Waals surface area contributed by atoms with Gasteiger partial charge in [-0.25, -0.2) is 4.79 Å². The summed E-state index contributed by atoms with van der Waals surface area (Å²) in [5.74, 6) is -0.995. The van der Waals surface area contributed by atoms with Crippen molar-refractivity contribution in [2.24, 2.45) is 0 Å². The van der Waals surface area contributed by atoms with E-state index in [2.05, 4.69) is 4.98 Å². The summed E-state index contributed by atoms with van der Waals surface area (Å²) in [6, 6.07) is 7.29. The Morgan fingerprint density at radius 1 is 1.30 bits per heavy atom. The number of aromatic nitrogens is 1. The molecule has 1 aromatic carbocycles. The van der Waals surface area contributed by atoms with Crippen LogP contribution in [0.3, 0.4) is 0 Å². The number of aromatic amines is 1. The number of carboxylic acid groups (broad SMARTS) is 1. The molecule has 23 heavy (non-hydrogen) atoms. The van der Waals surface area contributed by atoms with Gasteiger partial charge < -0.3 is 19.6 Å². The molecule has 0 saturated carbocycles. The molecule has 0 saturated heterocycles. The first-order valence-corrected chi connectivity index (χ1v) is 7.96. The number of aromatic carboxylic acids is 1. The van der Waals surface area contributed by atoms with Crippen molar-refractivity contribution >= 4 is 38.3 Å². The number of hydrogen-bond donors (Lipinski definition) is 2. The Hall–Kier alpha value is -2.38. The van der Waals surface area contributed by atoms with Gasteiger partial charge >= 0.3 is 5.97 Å². The van der Waals surface area contributed by atoms with Crippen LogP contribution in [0.2, 0.25) is 0 Å². The summed E-state index contributed by atoms with van der Waals surface area (Å²) in [5.41, 5.74) is 0.318. The fraction of sp³-hybridized carbons (Fsp3) is 0.250. The van der Waals surface area contributed by atoms with Crippen molar-refractivity contribution in [2.45, 2.75) is 6.92 Å². The minimum atomic E-state index is -1.11. The molecule has 0 aliphatic heterocycles. The van der Waals surface area contributed by atoms with Crippen molar-refractivity contribution < 1.29 is 19.4 Å². The fourth-order valence-electron chi connectivity index (χ4n) is 2.41. The number of carbonyl (C=O) groups is 1. The van der Waals surface area contributed by atoms with Gasteiger partial charge in [-0.2, -0.15) is 0 Å². The van der Waals surface area contributed by atoms with Gasteiger partial charge in [-0.05, 0) is 13.0 Å². The molecule has 120 valence electrons. The zero-order chi connectivity index (χ0) is 16.4. The maximum atomic E-state index is 12.4. The van der Waals surface area contributed by atoms with Gasteiger partial charge in [-0.1, -0.05) is 18.2 Å². The highest BCUT2D eigenvalue weighted by Gasteiger charge is 2.23. The van der Waals surface area contributed by atoms with E-state index in [1.807, 2.05) is 25.1 Å². The van der Waals surface area contributed by atoms with Crippen molar-refractivity contribution in [3.63, 3.8) is 0 Å². The van der Waals surface area contributed by atoms with E-state index in [4.69, 9.17) is 9.47 Å². The third kappa shape index (κ3) is 2.80. The molecule has 0 fully saturated rings. The van der Waals surface area contributed by atoms with Crippen LogP contribution in [-0.2, 0) is 4.74 Å². The molecule has 3 aromatic rings. The lowest BCUT2D eigenvalue weighted by molar-refractivity contribution is 0.0693. The van der Waals surface area contributed by atoms with E-state index < -0.39 is 5.97 Å². The second kappa shape index (κ2) is 6.39. The Kier molecular flexibility index (Phi) is 4.31. The minimum Gasteiger partial charge on any atom is -0.489 e. The number of carboxylic acids is 1. The lowest BCUT2D eigenvalue weighted by Crippen LogP contribution is -2.11. The van der Waals surface area contributed by atoms with Gasteiger partial charge in [0.1, 0.15) is 12.0 Å². The smallest absolute Gasteiger partial charge is 0.349 e. The van der Waals surface area contributed by atoms with Crippen LogP contribution in [0.25, 0.3) is 21.0 Å². The summed E-state index contributed by atoms with van der Waals surface area (Å²) in [5, 5.41) is 10.5. The van der Waals surface area contributed by atoms with E-state index in [0.717, 1.165) is 16.7 Å². The molecule has 0 amide bonds. The van der Waals surface area contributed by atoms with E-state index in [1.54, 1.807) is 6.07 Å². The second-order valence-corrected chi connectivity index (χ2v) is 5.84. The van der Waals surface area contributed by atoms with Crippen molar-refractivity contribution in [1.29, 1.82) is 0 Å². The first-order chi connectivity index (χ1) is 11.1. The van der Waals surface area contributed by atoms with Crippen LogP contribution in [0, 0.1) is 0 Å². The Bertz CT molecular complexity index is 927. The van der Waals surface area contributed by atoms with Gasteiger partial charge in [0.15, 0.2) is 10.6 Å². The average Bonchev–Trinajstić information content (AvgIpc) is 2.92. The summed E-state index contributed by atoms with van der Waals surface area (Å²) in [6.45, 7) is 2.93. The molecular formula is C16H15NO5S. The number of benzene rings is 1. The fourth-order valence-corrected chi connectivity index (χ4v) is 3.53. The number of ether oxygens (including phenoxy) is 2. The topological polar surface area (TPSA) is 88.6 Å². The first kappa shape index (κ1) is 15.5. The molecule has 0 unspecified atom stereocenters. The SMILES string of the molecule is CCOCCOc1c(C(=O)O)sc2c1c(=O)[nH]c1ccccc12. The molecule has 0 radical (unpaired) electrons. The zero-order valence-electron chi connectivity index (χ0n) is 12.4. The molecule has 6 nitrogen and oxygen atoms in total. The highest BCUT2D eigenvalue weighted by atomic mass is 32.1. The number of nitrogens with one attached hydrogen (secondary N) is 1. The molecule has 0 spiro atoms. The Morgan fingerprint density at radius 3 is 2.83 bits per heavy atom. The number of fused-ring (bicyclic) bond motifs is 3. The van der Waals surface area contributed by atoms with Crippen LogP contribution in [0.15, 0.2) is 29.1 Å². The summed E-state index contributed by atoms with van der Waals surface area (Å²) in [7, 11) is 0.